The van der Waals surface area contributed by atoms with Crippen LogP contribution in [0.4, 0.5) is 36.4 Å². The zero-order valence-corrected chi connectivity index (χ0v) is 11.9. The van der Waals surface area contributed by atoms with E-state index in [1.54, 1.807) is 0 Å². The summed E-state index contributed by atoms with van der Waals surface area (Å²) in [6.07, 6.45) is -8.96. The Morgan fingerprint density at radius 3 is 2.28 bits per heavy atom. The van der Waals surface area contributed by atoms with E-state index in [4.69, 9.17) is 0 Å². The van der Waals surface area contributed by atoms with Gasteiger partial charge in [0.05, 0.1) is 10.5 Å². The van der Waals surface area contributed by atoms with Crippen LogP contribution in [0.25, 0.3) is 0 Å². The predicted octanol–water partition coefficient (Wildman–Crippen LogP) is 3.44. The molecule has 1 aromatic carbocycles. The van der Waals surface area contributed by atoms with Gasteiger partial charge >= 0.3 is 30.2 Å². The number of rotatable bonds is 7. The molecule has 1 rings (SSSR count). The van der Waals surface area contributed by atoms with E-state index < -0.39 is 59.6 Å². The Kier molecular flexibility index (Phi) is 6.15. The number of hydrogen-bond donors (Lipinski definition) is 0. The van der Waals surface area contributed by atoms with Crippen LogP contribution in [0.5, 0.6) is 5.75 Å². The van der Waals surface area contributed by atoms with Gasteiger partial charge in [-0.05, 0) is 12.1 Å². The van der Waals surface area contributed by atoms with Crippen LogP contribution in [0.3, 0.4) is 0 Å². The standard InChI is InChI=1S/C12H8F7NO5/c13-10(14)11(15,16)5-25-9(21)4-24-8-2-1-6(12(17,18)19)3-7(8)20(22)23/h1-3,10H,4-5H2. The fraction of sp³-hybridized carbons (Fsp3) is 0.417. The van der Waals surface area contributed by atoms with Crippen LogP contribution >= 0.6 is 0 Å². The maximum atomic E-state index is 12.5. The van der Waals surface area contributed by atoms with Crippen molar-refractivity contribution >= 4 is 11.7 Å². The molecule has 0 heterocycles. The number of esters is 1. The maximum Gasteiger partial charge on any atom is 0.416 e. The van der Waals surface area contributed by atoms with Crippen molar-refractivity contribution in [2.24, 2.45) is 0 Å². The number of nitro benzene ring substituents is 1. The first-order chi connectivity index (χ1) is 11.3. The third kappa shape index (κ3) is 5.76. The van der Waals surface area contributed by atoms with Gasteiger partial charge < -0.3 is 9.47 Å². The summed E-state index contributed by atoms with van der Waals surface area (Å²) in [5, 5.41) is 10.7. The van der Waals surface area contributed by atoms with Gasteiger partial charge in [-0.1, -0.05) is 0 Å². The Balaban J connectivity index is 2.77. The first-order valence-electron chi connectivity index (χ1n) is 6.14. The molecule has 0 saturated heterocycles. The normalized spacial score (nSPS) is 12.2. The van der Waals surface area contributed by atoms with Crippen molar-refractivity contribution in [2.45, 2.75) is 18.5 Å². The smallest absolute Gasteiger partial charge is 0.416 e. The van der Waals surface area contributed by atoms with Crippen LogP contribution in [0.1, 0.15) is 5.56 Å². The van der Waals surface area contributed by atoms with E-state index in [-0.39, 0.29) is 6.07 Å². The highest BCUT2D eigenvalue weighted by Crippen LogP contribution is 2.36. The molecule has 0 aliphatic rings. The molecule has 0 bridgehead atoms. The summed E-state index contributed by atoms with van der Waals surface area (Å²) in [7, 11) is 0. The highest BCUT2D eigenvalue weighted by molar-refractivity contribution is 5.71. The number of nitrogens with zero attached hydrogens (tertiary/aromatic N) is 1. The molecule has 0 fully saturated rings. The van der Waals surface area contributed by atoms with E-state index in [1.165, 1.54) is 0 Å². The van der Waals surface area contributed by atoms with E-state index in [0.717, 1.165) is 0 Å². The average Bonchev–Trinajstić information content (AvgIpc) is 2.49. The summed E-state index contributed by atoms with van der Waals surface area (Å²) in [5.74, 6) is -6.94. The summed E-state index contributed by atoms with van der Waals surface area (Å²) in [5.41, 5.74) is -2.49. The highest BCUT2D eigenvalue weighted by atomic mass is 19.4. The van der Waals surface area contributed by atoms with E-state index in [2.05, 4.69) is 9.47 Å². The summed E-state index contributed by atoms with van der Waals surface area (Å²) >= 11 is 0. The summed E-state index contributed by atoms with van der Waals surface area (Å²) in [6, 6.07) is 1.12. The third-order valence-corrected chi connectivity index (χ3v) is 2.57. The molecule has 0 unspecified atom stereocenters. The SMILES string of the molecule is O=C(COc1ccc(C(F)(F)F)cc1[N+](=O)[O-])OCC(F)(F)C(F)F. The van der Waals surface area contributed by atoms with Crippen LogP contribution in [-0.2, 0) is 15.7 Å². The highest BCUT2D eigenvalue weighted by Gasteiger charge is 2.42. The van der Waals surface area contributed by atoms with Gasteiger partial charge in [-0.3, -0.25) is 10.1 Å². The number of alkyl halides is 7. The molecule has 140 valence electrons. The minimum absolute atomic E-state index is 0.144. The fourth-order valence-electron chi connectivity index (χ4n) is 1.38. The van der Waals surface area contributed by atoms with Gasteiger partial charge in [0.25, 0.3) is 0 Å². The fourth-order valence-corrected chi connectivity index (χ4v) is 1.38. The molecule has 0 spiro atoms. The average molecular weight is 379 g/mol. The first kappa shape index (κ1) is 20.4. The van der Waals surface area contributed by atoms with Crippen LogP contribution in [-0.4, -0.2) is 36.5 Å². The Morgan fingerprint density at radius 2 is 1.80 bits per heavy atom. The van der Waals surface area contributed by atoms with Crippen molar-refractivity contribution in [3.8, 4) is 5.75 Å². The molecule has 0 N–H and O–H groups in total. The number of benzene rings is 1. The van der Waals surface area contributed by atoms with Crippen molar-refractivity contribution in [3.63, 3.8) is 0 Å². The molecule has 0 aliphatic heterocycles. The zero-order chi connectivity index (χ0) is 19.4. The van der Waals surface area contributed by atoms with Gasteiger partial charge in [0.1, 0.15) is 0 Å². The maximum absolute atomic E-state index is 12.5. The second kappa shape index (κ2) is 7.53. The van der Waals surface area contributed by atoms with Crippen molar-refractivity contribution < 1.29 is 49.9 Å². The Labute approximate surface area is 134 Å². The molecule has 0 aliphatic carbocycles. The predicted molar refractivity (Wildman–Crippen MR) is 65.5 cm³/mol. The van der Waals surface area contributed by atoms with Crippen molar-refractivity contribution in [1.82, 2.24) is 0 Å². The third-order valence-electron chi connectivity index (χ3n) is 2.57. The quantitative estimate of drug-likeness (QED) is 0.314. The number of nitro groups is 1. The first-order valence-corrected chi connectivity index (χ1v) is 6.14. The molecule has 0 radical (unpaired) electrons. The number of ether oxygens (including phenoxy) is 2. The van der Waals surface area contributed by atoms with Crippen molar-refractivity contribution in [3.05, 3.63) is 33.9 Å². The second-order valence-corrected chi connectivity index (χ2v) is 4.45. The molecular formula is C12H8F7NO5. The monoisotopic (exact) mass is 379 g/mol. The van der Waals surface area contributed by atoms with Gasteiger partial charge in [-0.25, -0.2) is 13.6 Å². The molecule has 0 aromatic heterocycles. The lowest BCUT2D eigenvalue weighted by atomic mass is 10.2. The molecule has 0 saturated carbocycles. The number of carbonyl (C=O) groups excluding carboxylic acids is 1. The lowest BCUT2D eigenvalue weighted by Gasteiger charge is -2.15. The van der Waals surface area contributed by atoms with Gasteiger partial charge in [0.15, 0.2) is 19.0 Å². The van der Waals surface area contributed by atoms with E-state index >= 15 is 0 Å². The lowest BCUT2D eigenvalue weighted by molar-refractivity contribution is -0.386. The molecule has 13 heteroatoms. The minimum atomic E-state index is -4.87. The lowest BCUT2D eigenvalue weighted by Crippen LogP contribution is -2.34. The number of carbonyl (C=O) groups is 1. The van der Waals surface area contributed by atoms with Crippen LogP contribution in [0, 0.1) is 10.1 Å². The topological polar surface area (TPSA) is 78.7 Å². The molecule has 6 nitrogen and oxygen atoms in total. The molecule has 1 aromatic rings. The minimum Gasteiger partial charge on any atom is -0.475 e. The van der Waals surface area contributed by atoms with Gasteiger partial charge in [0.2, 0.25) is 0 Å². The molecule has 25 heavy (non-hydrogen) atoms. The van der Waals surface area contributed by atoms with E-state index in [9.17, 15) is 45.6 Å². The van der Waals surface area contributed by atoms with E-state index in [0.29, 0.717) is 12.1 Å². The van der Waals surface area contributed by atoms with Crippen LogP contribution in [0.15, 0.2) is 18.2 Å². The zero-order valence-electron chi connectivity index (χ0n) is 11.9. The number of hydrogen-bond acceptors (Lipinski definition) is 5. The molecule has 0 amide bonds. The van der Waals surface area contributed by atoms with E-state index in [1.807, 2.05) is 0 Å². The summed E-state index contributed by atoms with van der Waals surface area (Å²) < 4.78 is 94.6. The van der Waals surface area contributed by atoms with Crippen molar-refractivity contribution in [2.75, 3.05) is 13.2 Å². The molecular weight excluding hydrogens is 371 g/mol. The Morgan fingerprint density at radius 1 is 1.20 bits per heavy atom. The summed E-state index contributed by atoms with van der Waals surface area (Å²) in [6.45, 7) is -3.17. The summed E-state index contributed by atoms with van der Waals surface area (Å²) in [4.78, 5) is 20.6. The van der Waals surface area contributed by atoms with Gasteiger partial charge in [0, 0.05) is 6.07 Å². The Bertz CT molecular complexity index is 647. The second-order valence-electron chi connectivity index (χ2n) is 4.45. The number of halogens is 7. The largest absolute Gasteiger partial charge is 0.475 e. The Hall–Kier alpha value is -2.60. The molecule has 0 atom stereocenters. The van der Waals surface area contributed by atoms with Crippen molar-refractivity contribution in [1.29, 1.82) is 0 Å². The van der Waals surface area contributed by atoms with Gasteiger partial charge in [-0.15, -0.1) is 0 Å². The van der Waals surface area contributed by atoms with Crippen LogP contribution < -0.4 is 4.74 Å². The van der Waals surface area contributed by atoms with Crippen LogP contribution in [0.2, 0.25) is 0 Å². The van der Waals surface area contributed by atoms with Gasteiger partial charge in [-0.2, -0.15) is 22.0 Å².